The highest BCUT2D eigenvalue weighted by atomic mass is 16.5. The van der Waals surface area contributed by atoms with Crippen LogP contribution in [0.25, 0.3) is 11.1 Å². The first kappa shape index (κ1) is 15.1. The Labute approximate surface area is 125 Å². The molecule has 0 aromatic heterocycles. The van der Waals surface area contributed by atoms with Gasteiger partial charge >= 0.3 is 0 Å². The van der Waals surface area contributed by atoms with Crippen LogP contribution in [-0.4, -0.2) is 31.0 Å². The Morgan fingerprint density at radius 2 is 1.62 bits per heavy atom. The molecule has 2 aromatic carbocycles. The summed E-state index contributed by atoms with van der Waals surface area (Å²) in [5.41, 5.74) is 2.28. The standard InChI is InChI=1S/C18H18O3/c1-2-12-20-13-17(19)14-21-18-10-8-16(9-11-18)15-6-4-3-5-7-15/h1,3-11,17,19H,12-14H2. The molecular weight excluding hydrogens is 264 g/mol. The van der Waals surface area contributed by atoms with Crippen molar-refractivity contribution in [2.45, 2.75) is 6.10 Å². The first-order valence-electron chi connectivity index (χ1n) is 6.77. The number of terminal acetylenes is 1. The van der Waals surface area contributed by atoms with Gasteiger partial charge in [0.05, 0.1) is 6.61 Å². The third kappa shape index (κ3) is 4.96. The summed E-state index contributed by atoms with van der Waals surface area (Å²) in [5, 5.41) is 9.65. The van der Waals surface area contributed by atoms with E-state index in [1.165, 1.54) is 0 Å². The molecule has 0 aliphatic heterocycles. The van der Waals surface area contributed by atoms with Crippen molar-refractivity contribution in [3.63, 3.8) is 0 Å². The van der Waals surface area contributed by atoms with Crippen molar-refractivity contribution in [3.8, 4) is 29.2 Å². The Morgan fingerprint density at radius 3 is 2.29 bits per heavy atom. The van der Waals surface area contributed by atoms with Crippen molar-refractivity contribution < 1.29 is 14.6 Å². The molecular formula is C18H18O3. The predicted molar refractivity (Wildman–Crippen MR) is 83.0 cm³/mol. The second-order valence-electron chi connectivity index (χ2n) is 4.57. The summed E-state index contributed by atoms with van der Waals surface area (Å²) in [4.78, 5) is 0. The van der Waals surface area contributed by atoms with Gasteiger partial charge in [-0.15, -0.1) is 6.42 Å². The van der Waals surface area contributed by atoms with E-state index >= 15 is 0 Å². The quantitative estimate of drug-likeness (QED) is 0.627. The summed E-state index contributed by atoms with van der Waals surface area (Å²) in [6, 6.07) is 17.9. The van der Waals surface area contributed by atoms with Crippen LogP contribution in [0.4, 0.5) is 0 Å². The molecule has 1 unspecified atom stereocenters. The maximum Gasteiger partial charge on any atom is 0.119 e. The van der Waals surface area contributed by atoms with Crippen molar-refractivity contribution in [2.75, 3.05) is 19.8 Å². The molecule has 3 nitrogen and oxygen atoms in total. The number of aliphatic hydroxyl groups excluding tert-OH is 1. The van der Waals surface area contributed by atoms with Crippen LogP contribution < -0.4 is 4.74 Å². The minimum Gasteiger partial charge on any atom is -0.491 e. The van der Waals surface area contributed by atoms with E-state index in [0.717, 1.165) is 11.1 Å². The highest BCUT2D eigenvalue weighted by Crippen LogP contribution is 2.22. The minimum absolute atomic E-state index is 0.173. The first-order chi connectivity index (χ1) is 10.3. The van der Waals surface area contributed by atoms with Gasteiger partial charge in [0.2, 0.25) is 0 Å². The molecule has 1 N–H and O–H groups in total. The van der Waals surface area contributed by atoms with Crippen molar-refractivity contribution >= 4 is 0 Å². The van der Waals surface area contributed by atoms with Crippen LogP contribution in [0.2, 0.25) is 0 Å². The van der Waals surface area contributed by atoms with E-state index in [-0.39, 0.29) is 19.8 Å². The lowest BCUT2D eigenvalue weighted by Gasteiger charge is -2.12. The van der Waals surface area contributed by atoms with E-state index in [0.29, 0.717) is 5.75 Å². The topological polar surface area (TPSA) is 38.7 Å². The van der Waals surface area contributed by atoms with E-state index in [1.807, 2.05) is 42.5 Å². The Balaban J connectivity index is 1.84. The molecule has 0 bridgehead atoms. The van der Waals surface area contributed by atoms with Crippen molar-refractivity contribution in [2.24, 2.45) is 0 Å². The first-order valence-corrected chi connectivity index (χ1v) is 6.77. The number of benzene rings is 2. The number of rotatable bonds is 7. The van der Waals surface area contributed by atoms with E-state index in [9.17, 15) is 5.11 Å². The van der Waals surface area contributed by atoms with Crippen molar-refractivity contribution in [1.29, 1.82) is 0 Å². The average Bonchev–Trinajstić information content (AvgIpc) is 2.54. The Hall–Kier alpha value is -2.28. The number of aliphatic hydroxyl groups is 1. The Kier molecular flexibility index (Phi) is 5.83. The second-order valence-corrected chi connectivity index (χ2v) is 4.57. The van der Waals surface area contributed by atoms with Gasteiger partial charge in [-0.2, -0.15) is 0 Å². The summed E-state index contributed by atoms with van der Waals surface area (Å²) >= 11 is 0. The van der Waals surface area contributed by atoms with Crippen molar-refractivity contribution in [1.82, 2.24) is 0 Å². The van der Waals surface area contributed by atoms with Crippen LogP contribution in [0, 0.1) is 12.3 Å². The molecule has 108 valence electrons. The zero-order valence-corrected chi connectivity index (χ0v) is 11.7. The molecule has 0 saturated carbocycles. The molecule has 0 aliphatic rings. The van der Waals surface area contributed by atoms with Gasteiger partial charge in [-0.05, 0) is 23.3 Å². The number of hydrogen-bond donors (Lipinski definition) is 1. The van der Waals surface area contributed by atoms with Gasteiger partial charge in [-0.25, -0.2) is 0 Å². The fraction of sp³-hybridized carbons (Fsp3) is 0.222. The van der Waals surface area contributed by atoms with E-state index < -0.39 is 6.10 Å². The summed E-state index contributed by atoms with van der Waals surface area (Å²) < 4.78 is 10.6. The largest absolute Gasteiger partial charge is 0.491 e. The third-order valence-corrected chi connectivity index (χ3v) is 2.90. The van der Waals surface area contributed by atoms with E-state index in [4.69, 9.17) is 15.9 Å². The molecule has 0 amide bonds. The van der Waals surface area contributed by atoms with Crippen LogP contribution >= 0.6 is 0 Å². The van der Waals surface area contributed by atoms with E-state index in [2.05, 4.69) is 18.1 Å². The van der Waals surface area contributed by atoms with Gasteiger partial charge in [0.25, 0.3) is 0 Å². The van der Waals surface area contributed by atoms with Crippen LogP contribution in [0.5, 0.6) is 5.75 Å². The van der Waals surface area contributed by atoms with Crippen LogP contribution in [-0.2, 0) is 4.74 Å². The van der Waals surface area contributed by atoms with Gasteiger partial charge in [0, 0.05) is 0 Å². The predicted octanol–water partition coefficient (Wildman–Crippen LogP) is 2.74. The van der Waals surface area contributed by atoms with Gasteiger partial charge in [0.15, 0.2) is 0 Å². The summed E-state index contributed by atoms with van der Waals surface area (Å²) in [5.74, 6) is 3.06. The van der Waals surface area contributed by atoms with Gasteiger partial charge < -0.3 is 14.6 Å². The van der Waals surface area contributed by atoms with Gasteiger partial charge in [-0.1, -0.05) is 48.4 Å². The Bertz CT molecular complexity index is 570. The fourth-order valence-corrected chi connectivity index (χ4v) is 1.87. The van der Waals surface area contributed by atoms with Crippen LogP contribution in [0.1, 0.15) is 0 Å². The van der Waals surface area contributed by atoms with Gasteiger partial charge in [-0.3, -0.25) is 0 Å². The zero-order valence-electron chi connectivity index (χ0n) is 11.7. The lowest BCUT2D eigenvalue weighted by atomic mass is 10.1. The molecule has 2 rings (SSSR count). The molecule has 0 aliphatic carbocycles. The second kappa shape index (κ2) is 8.11. The monoisotopic (exact) mass is 282 g/mol. The van der Waals surface area contributed by atoms with Crippen LogP contribution in [0.3, 0.4) is 0 Å². The third-order valence-electron chi connectivity index (χ3n) is 2.90. The zero-order chi connectivity index (χ0) is 14.9. The summed E-state index contributed by atoms with van der Waals surface area (Å²) in [7, 11) is 0. The maximum atomic E-state index is 9.65. The molecule has 0 radical (unpaired) electrons. The minimum atomic E-state index is -0.688. The molecule has 0 saturated heterocycles. The SMILES string of the molecule is C#CCOCC(O)COc1ccc(-c2ccccc2)cc1. The number of ether oxygens (including phenoxy) is 2. The number of hydrogen-bond acceptors (Lipinski definition) is 3. The normalized spacial score (nSPS) is 11.6. The van der Waals surface area contributed by atoms with Gasteiger partial charge in [0.1, 0.15) is 25.1 Å². The average molecular weight is 282 g/mol. The van der Waals surface area contributed by atoms with E-state index in [1.54, 1.807) is 0 Å². The summed E-state index contributed by atoms with van der Waals surface area (Å²) in [6.07, 6.45) is 4.37. The Morgan fingerprint density at radius 1 is 0.952 bits per heavy atom. The maximum absolute atomic E-state index is 9.65. The van der Waals surface area contributed by atoms with Crippen molar-refractivity contribution in [3.05, 3.63) is 54.6 Å². The molecule has 0 fully saturated rings. The smallest absolute Gasteiger partial charge is 0.119 e. The lowest BCUT2D eigenvalue weighted by molar-refractivity contribution is 0.0229. The highest BCUT2D eigenvalue weighted by Gasteiger charge is 2.05. The summed E-state index contributed by atoms with van der Waals surface area (Å²) in [6.45, 7) is 0.546. The highest BCUT2D eigenvalue weighted by molar-refractivity contribution is 5.63. The molecule has 0 heterocycles. The fourth-order valence-electron chi connectivity index (χ4n) is 1.87. The molecule has 2 aromatic rings. The lowest BCUT2D eigenvalue weighted by Crippen LogP contribution is -2.23. The molecule has 21 heavy (non-hydrogen) atoms. The molecule has 1 atom stereocenters. The molecule has 3 heteroatoms. The van der Waals surface area contributed by atoms with Crippen LogP contribution in [0.15, 0.2) is 54.6 Å². The molecule has 0 spiro atoms.